The molecule has 6 heteroatoms. The SMILES string of the molecule is CCOCCCN=C(NCCc1ccco1)NC1C2CCOC2C12CCC2. The number of hydrogen-bond acceptors (Lipinski definition) is 4. The van der Waals surface area contributed by atoms with Crippen molar-refractivity contribution in [1.82, 2.24) is 10.6 Å². The highest BCUT2D eigenvalue weighted by Gasteiger charge is 2.66. The molecule has 0 amide bonds. The van der Waals surface area contributed by atoms with E-state index in [0.29, 0.717) is 23.5 Å². The number of aliphatic imine (C=N–C) groups is 1. The van der Waals surface area contributed by atoms with Crippen molar-refractivity contribution in [2.75, 3.05) is 32.9 Å². The molecule has 3 atom stereocenters. The van der Waals surface area contributed by atoms with E-state index in [1.807, 2.05) is 19.1 Å². The molecule has 3 unspecified atom stereocenters. The van der Waals surface area contributed by atoms with Gasteiger partial charge in [0.05, 0.1) is 12.4 Å². The molecule has 1 aromatic heterocycles. The first-order valence-corrected chi connectivity index (χ1v) is 10.6. The van der Waals surface area contributed by atoms with Gasteiger partial charge in [-0.05, 0) is 44.7 Å². The zero-order valence-corrected chi connectivity index (χ0v) is 16.4. The Kier molecular flexibility index (Phi) is 6.03. The highest BCUT2D eigenvalue weighted by molar-refractivity contribution is 5.80. The van der Waals surface area contributed by atoms with Crippen LogP contribution in [0.5, 0.6) is 0 Å². The molecule has 1 aliphatic heterocycles. The van der Waals surface area contributed by atoms with Gasteiger partial charge in [0.1, 0.15) is 5.76 Å². The predicted molar refractivity (Wildman–Crippen MR) is 105 cm³/mol. The number of guanidine groups is 1. The van der Waals surface area contributed by atoms with Gasteiger partial charge in [-0.1, -0.05) is 6.42 Å². The number of hydrogen-bond donors (Lipinski definition) is 2. The summed E-state index contributed by atoms with van der Waals surface area (Å²) in [5.41, 5.74) is 0.357. The van der Waals surface area contributed by atoms with Crippen LogP contribution in [0.4, 0.5) is 0 Å². The highest BCUT2D eigenvalue weighted by Crippen LogP contribution is 2.62. The van der Waals surface area contributed by atoms with Crippen LogP contribution in [0, 0.1) is 11.3 Å². The summed E-state index contributed by atoms with van der Waals surface area (Å²) >= 11 is 0. The van der Waals surface area contributed by atoms with Crippen LogP contribution in [0.25, 0.3) is 0 Å². The number of ether oxygens (including phenoxy) is 2. The van der Waals surface area contributed by atoms with Crippen molar-refractivity contribution >= 4 is 5.96 Å². The molecule has 1 saturated heterocycles. The van der Waals surface area contributed by atoms with Gasteiger partial charge in [-0.2, -0.15) is 0 Å². The molecule has 0 aromatic carbocycles. The Bertz CT molecular complexity index is 612. The largest absolute Gasteiger partial charge is 0.469 e. The normalized spacial score (nSPS) is 28.5. The minimum atomic E-state index is 0.357. The second kappa shape index (κ2) is 8.65. The fraction of sp³-hybridized carbons (Fsp3) is 0.762. The minimum Gasteiger partial charge on any atom is -0.469 e. The molecule has 1 spiro atoms. The summed E-state index contributed by atoms with van der Waals surface area (Å²) < 4.78 is 16.9. The molecule has 27 heavy (non-hydrogen) atoms. The van der Waals surface area contributed by atoms with E-state index in [-0.39, 0.29) is 0 Å². The number of furan rings is 1. The molecule has 0 bridgehead atoms. The summed E-state index contributed by atoms with van der Waals surface area (Å²) in [7, 11) is 0. The summed E-state index contributed by atoms with van der Waals surface area (Å²) in [5.74, 6) is 2.58. The van der Waals surface area contributed by atoms with Crippen molar-refractivity contribution in [1.29, 1.82) is 0 Å². The summed E-state index contributed by atoms with van der Waals surface area (Å²) in [6, 6.07) is 4.45. The molecule has 2 heterocycles. The van der Waals surface area contributed by atoms with E-state index in [0.717, 1.165) is 57.5 Å². The van der Waals surface area contributed by atoms with Gasteiger partial charge in [-0.15, -0.1) is 0 Å². The van der Waals surface area contributed by atoms with Crippen LogP contribution in [0.2, 0.25) is 0 Å². The lowest BCUT2D eigenvalue weighted by Gasteiger charge is -2.63. The van der Waals surface area contributed by atoms with Crippen molar-refractivity contribution in [3.05, 3.63) is 24.2 Å². The van der Waals surface area contributed by atoms with Crippen LogP contribution in [0.15, 0.2) is 27.8 Å². The zero-order valence-electron chi connectivity index (χ0n) is 16.4. The maximum Gasteiger partial charge on any atom is 0.191 e. The standard InChI is InChI=1S/C21H33N3O3/c1-2-25-13-5-11-22-20(23-12-7-16-6-3-14-26-16)24-18-17-8-15-27-19(17)21(18)9-4-10-21/h3,6,14,17-19H,2,4-5,7-13,15H2,1H3,(H2,22,23,24). The molecule has 6 nitrogen and oxygen atoms in total. The minimum absolute atomic E-state index is 0.357. The van der Waals surface area contributed by atoms with Gasteiger partial charge < -0.3 is 24.5 Å². The van der Waals surface area contributed by atoms with Gasteiger partial charge in [0.2, 0.25) is 0 Å². The van der Waals surface area contributed by atoms with Crippen LogP contribution in [-0.4, -0.2) is 51.0 Å². The summed E-state index contributed by atoms with van der Waals surface area (Å²) in [5, 5.41) is 7.29. The summed E-state index contributed by atoms with van der Waals surface area (Å²) in [6.45, 7) is 6.08. The third-order valence-electron chi connectivity index (χ3n) is 6.49. The molecule has 4 rings (SSSR count). The number of fused-ring (bicyclic) bond motifs is 2. The zero-order chi connectivity index (χ0) is 18.5. The van der Waals surface area contributed by atoms with E-state index in [4.69, 9.17) is 18.9 Å². The topological polar surface area (TPSA) is 68.0 Å². The summed E-state index contributed by atoms with van der Waals surface area (Å²) in [6.07, 6.45) is 9.09. The van der Waals surface area contributed by atoms with Crippen LogP contribution in [0.1, 0.15) is 44.8 Å². The maximum absolute atomic E-state index is 6.05. The fourth-order valence-electron chi connectivity index (χ4n) is 5.02. The van der Waals surface area contributed by atoms with Gasteiger partial charge in [-0.25, -0.2) is 0 Å². The van der Waals surface area contributed by atoms with Crippen LogP contribution in [0.3, 0.4) is 0 Å². The number of rotatable bonds is 9. The molecule has 2 saturated carbocycles. The Morgan fingerprint density at radius 3 is 3.07 bits per heavy atom. The Hall–Kier alpha value is -1.53. The van der Waals surface area contributed by atoms with Crippen LogP contribution < -0.4 is 10.6 Å². The average Bonchev–Trinajstić information content (AvgIpc) is 3.28. The summed E-state index contributed by atoms with van der Waals surface area (Å²) in [4.78, 5) is 4.82. The van der Waals surface area contributed by atoms with Crippen molar-refractivity contribution < 1.29 is 13.9 Å². The first kappa shape index (κ1) is 18.8. The lowest BCUT2D eigenvalue weighted by Crippen LogP contribution is -2.72. The predicted octanol–water partition coefficient (Wildman–Crippen LogP) is 2.74. The Balaban J connectivity index is 1.34. The lowest BCUT2D eigenvalue weighted by molar-refractivity contribution is -0.171. The van der Waals surface area contributed by atoms with E-state index < -0.39 is 0 Å². The first-order chi connectivity index (χ1) is 13.3. The quantitative estimate of drug-likeness (QED) is 0.395. The van der Waals surface area contributed by atoms with Gasteiger partial charge in [0.25, 0.3) is 0 Å². The third-order valence-corrected chi connectivity index (χ3v) is 6.49. The molecule has 3 aliphatic rings. The van der Waals surface area contributed by atoms with Gasteiger partial charge in [0.15, 0.2) is 5.96 Å². The molecule has 2 N–H and O–H groups in total. The highest BCUT2D eigenvalue weighted by atomic mass is 16.5. The van der Waals surface area contributed by atoms with Crippen molar-refractivity contribution in [2.45, 2.75) is 57.6 Å². The van der Waals surface area contributed by atoms with Crippen LogP contribution in [-0.2, 0) is 15.9 Å². The van der Waals surface area contributed by atoms with Gasteiger partial charge in [-0.3, -0.25) is 4.99 Å². The molecule has 0 radical (unpaired) electrons. The van der Waals surface area contributed by atoms with Gasteiger partial charge >= 0.3 is 0 Å². The second-order valence-corrected chi connectivity index (χ2v) is 7.99. The fourth-order valence-corrected chi connectivity index (χ4v) is 5.02. The third kappa shape index (κ3) is 3.87. The first-order valence-electron chi connectivity index (χ1n) is 10.6. The molecule has 150 valence electrons. The maximum atomic E-state index is 6.05. The Morgan fingerprint density at radius 2 is 2.33 bits per heavy atom. The Labute approximate surface area is 162 Å². The van der Waals surface area contributed by atoms with Crippen molar-refractivity contribution in [3.63, 3.8) is 0 Å². The molecule has 3 fully saturated rings. The number of nitrogens with one attached hydrogen (secondary N) is 2. The van der Waals surface area contributed by atoms with Crippen molar-refractivity contribution in [3.8, 4) is 0 Å². The monoisotopic (exact) mass is 375 g/mol. The van der Waals surface area contributed by atoms with E-state index in [2.05, 4.69) is 10.6 Å². The molecular weight excluding hydrogens is 342 g/mol. The Morgan fingerprint density at radius 1 is 1.41 bits per heavy atom. The van der Waals surface area contributed by atoms with E-state index in [1.165, 1.54) is 25.7 Å². The van der Waals surface area contributed by atoms with E-state index in [1.54, 1.807) is 6.26 Å². The van der Waals surface area contributed by atoms with E-state index in [9.17, 15) is 0 Å². The molecule has 1 aromatic rings. The second-order valence-electron chi connectivity index (χ2n) is 7.99. The van der Waals surface area contributed by atoms with E-state index >= 15 is 0 Å². The number of nitrogens with zero attached hydrogens (tertiary/aromatic N) is 1. The molecule has 2 aliphatic carbocycles. The van der Waals surface area contributed by atoms with Crippen molar-refractivity contribution in [2.24, 2.45) is 16.3 Å². The smallest absolute Gasteiger partial charge is 0.191 e. The molecular formula is C21H33N3O3. The van der Waals surface area contributed by atoms with Crippen LogP contribution >= 0.6 is 0 Å². The lowest BCUT2D eigenvalue weighted by atomic mass is 9.46. The average molecular weight is 376 g/mol. The van der Waals surface area contributed by atoms with Gasteiger partial charge in [0, 0.05) is 56.7 Å².